The molecule has 0 aliphatic heterocycles. The van der Waals surface area contributed by atoms with Crippen molar-refractivity contribution < 1.29 is 13.9 Å². The summed E-state index contributed by atoms with van der Waals surface area (Å²) in [6, 6.07) is 13.6. The maximum absolute atomic E-state index is 13.1. The Morgan fingerprint density at radius 1 is 1.06 bits per heavy atom. The average molecular weight is 458 g/mol. The molecule has 8 nitrogen and oxygen atoms in total. The standard InChI is InChI=1S/C25H23FN6O2/c1-2-34-24-22-20(30-25(32-24)28-13-15-3-8-18(26)9-4-15)11-10-19(29-22)17-7-12-21(27-14-17)31-23(33)16-5-6-16/h3-4,7-12,14,16H,2,5-6,13H2,1H3,(H,27,31,33)(H,28,30,32). The van der Waals surface area contributed by atoms with Crippen molar-refractivity contribution in [3.63, 3.8) is 0 Å². The Kier molecular flexibility index (Phi) is 5.99. The van der Waals surface area contributed by atoms with Crippen molar-refractivity contribution in [3.8, 4) is 17.1 Å². The van der Waals surface area contributed by atoms with Crippen molar-refractivity contribution in [3.05, 3.63) is 66.1 Å². The molecule has 0 unspecified atom stereocenters. The minimum absolute atomic E-state index is 0.0198. The molecule has 5 rings (SSSR count). The van der Waals surface area contributed by atoms with Crippen molar-refractivity contribution in [1.29, 1.82) is 0 Å². The van der Waals surface area contributed by atoms with Gasteiger partial charge < -0.3 is 15.4 Å². The van der Waals surface area contributed by atoms with Crippen molar-refractivity contribution in [2.24, 2.45) is 5.92 Å². The topological polar surface area (TPSA) is 102 Å². The molecule has 1 fully saturated rings. The normalized spacial score (nSPS) is 13.0. The summed E-state index contributed by atoms with van der Waals surface area (Å²) in [4.78, 5) is 30.0. The molecule has 0 spiro atoms. The molecule has 0 bridgehead atoms. The molecule has 1 saturated carbocycles. The highest BCUT2D eigenvalue weighted by Crippen LogP contribution is 2.30. The Hall–Kier alpha value is -4.14. The first-order valence-electron chi connectivity index (χ1n) is 11.2. The summed E-state index contributed by atoms with van der Waals surface area (Å²) < 4.78 is 18.9. The maximum Gasteiger partial charge on any atom is 0.245 e. The Bertz CT molecular complexity index is 1320. The number of aromatic nitrogens is 4. The van der Waals surface area contributed by atoms with Crippen molar-refractivity contribution >= 4 is 28.7 Å². The number of hydrogen-bond donors (Lipinski definition) is 2. The van der Waals surface area contributed by atoms with E-state index in [1.54, 1.807) is 24.4 Å². The molecule has 0 saturated heterocycles. The molecule has 3 aromatic heterocycles. The number of halogens is 1. The molecular formula is C25H23FN6O2. The van der Waals surface area contributed by atoms with Gasteiger partial charge in [-0.25, -0.2) is 19.3 Å². The molecule has 1 aliphatic carbocycles. The summed E-state index contributed by atoms with van der Waals surface area (Å²) in [5, 5.41) is 5.99. The smallest absolute Gasteiger partial charge is 0.245 e. The van der Waals surface area contributed by atoms with E-state index < -0.39 is 0 Å². The predicted octanol–water partition coefficient (Wildman–Crippen LogP) is 4.59. The number of anilines is 2. The number of rotatable bonds is 8. The number of pyridine rings is 2. The molecule has 0 atom stereocenters. The van der Waals surface area contributed by atoms with Crippen molar-refractivity contribution in [2.75, 3.05) is 17.2 Å². The number of carbonyl (C=O) groups is 1. The number of benzene rings is 1. The minimum atomic E-state index is -0.279. The van der Waals surface area contributed by atoms with Crippen LogP contribution >= 0.6 is 0 Å². The fourth-order valence-corrected chi connectivity index (χ4v) is 3.44. The molecule has 4 aromatic rings. The van der Waals surface area contributed by atoms with Crippen LogP contribution in [0.15, 0.2) is 54.7 Å². The average Bonchev–Trinajstić information content (AvgIpc) is 3.70. The van der Waals surface area contributed by atoms with Gasteiger partial charge in [0.05, 0.1) is 17.8 Å². The van der Waals surface area contributed by atoms with E-state index in [-0.39, 0.29) is 17.6 Å². The number of ether oxygens (including phenoxy) is 1. The Labute approximate surface area is 195 Å². The first-order valence-corrected chi connectivity index (χ1v) is 11.2. The second kappa shape index (κ2) is 9.38. The number of fused-ring (bicyclic) bond motifs is 1. The highest BCUT2D eigenvalue weighted by Gasteiger charge is 2.29. The first-order chi connectivity index (χ1) is 16.6. The number of nitrogens with one attached hydrogen (secondary N) is 2. The summed E-state index contributed by atoms with van der Waals surface area (Å²) in [7, 11) is 0. The van der Waals surface area contributed by atoms with E-state index in [9.17, 15) is 9.18 Å². The second-order valence-corrected chi connectivity index (χ2v) is 8.03. The Balaban J connectivity index is 1.38. The van der Waals surface area contributed by atoms with Crippen LogP contribution in [0.5, 0.6) is 5.88 Å². The van der Waals surface area contributed by atoms with Crippen LogP contribution in [-0.2, 0) is 11.3 Å². The van der Waals surface area contributed by atoms with Crippen LogP contribution < -0.4 is 15.4 Å². The third kappa shape index (κ3) is 4.93. The van der Waals surface area contributed by atoms with Gasteiger partial charge in [-0.15, -0.1) is 0 Å². The number of nitrogens with zero attached hydrogens (tertiary/aromatic N) is 4. The van der Waals surface area contributed by atoms with Gasteiger partial charge in [-0.05, 0) is 61.7 Å². The molecule has 2 N–H and O–H groups in total. The van der Waals surface area contributed by atoms with Gasteiger partial charge in [-0.2, -0.15) is 4.98 Å². The zero-order valence-electron chi connectivity index (χ0n) is 18.6. The lowest BCUT2D eigenvalue weighted by molar-refractivity contribution is -0.117. The third-order valence-electron chi connectivity index (χ3n) is 5.41. The van der Waals surface area contributed by atoms with Crippen molar-refractivity contribution in [1.82, 2.24) is 19.9 Å². The van der Waals surface area contributed by atoms with Gasteiger partial charge in [-0.3, -0.25) is 4.79 Å². The van der Waals surface area contributed by atoms with Gasteiger partial charge in [0, 0.05) is 24.2 Å². The monoisotopic (exact) mass is 458 g/mol. The number of amides is 1. The summed E-state index contributed by atoms with van der Waals surface area (Å²) in [5.74, 6) is 1.15. The molecule has 1 aliphatic rings. The van der Waals surface area contributed by atoms with Gasteiger partial charge in [0.25, 0.3) is 0 Å². The van der Waals surface area contributed by atoms with Crippen LogP contribution in [0.2, 0.25) is 0 Å². The number of hydrogen-bond acceptors (Lipinski definition) is 7. The lowest BCUT2D eigenvalue weighted by Crippen LogP contribution is -2.14. The third-order valence-corrected chi connectivity index (χ3v) is 5.41. The molecule has 9 heteroatoms. The molecule has 172 valence electrons. The minimum Gasteiger partial charge on any atom is -0.476 e. The van der Waals surface area contributed by atoms with Crippen LogP contribution in [0, 0.1) is 11.7 Å². The largest absolute Gasteiger partial charge is 0.476 e. The Morgan fingerprint density at radius 3 is 2.59 bits per heavy atom. The van der Waals surface area contributed by atoms with Crippen molar-refractivity contribution in [2.45, 2.75) is 26.3 Å². The van der Waals surface area contributed by atoms with E-state index in [0.717, 1.165) is 24.0 Å². The van der Waals surface area contributed by atoms with E-state index in [4.69, 9.17) is 9.72 Å². The van der Waals surface area contributed by atoms with E-state index in [1.807, 2.05) is 25.1 Å². The number of carbonyl (C=O) groups excluding carboxylic acids is 1. The van der Waals surface area contributed by atoms with E-state index in [2.05, 4.69) is 25.6 Å². The zero-order valence-corrected chi connectivity index (χ0v) is 18.6. The van der Waals surface area contributed by atoms with Crippen LogP contribution in [0.4, 0.5) is 16.2 Å². The zero-order chi connectivity index (χ0) is 23.5. The van der Waals surface area contributed by atoms with Gasteiger partial charge in [0.15, 0.2) is 5.52 Å². The van der Waals surface area contributed by atoms with Crippen LogP contribution in [0.3, 0.4) is 0 Å². The second-order valence-electron chi connectivity index (χ2n) is 8.03. The molecule has 0 radical (unpaired) electrons. The van der Waals surface area contributed by atoms with Gasteiger partial charge >= 0.3 is 0 Å². The first kappa shape index (κ1) is 21.7. The van der Waals surface area contributed by atoms with E-state index >= 15 is 0 Å². The lowest BCUT2D eigenvalue weighted by Gasteiger charge is -2.11. The van der Waals surface area contributed by atoms with Gasteiger partial charge in [-0.1, -0.05) is 12.1 Å². The van der Waals surface area contributed by atoms with E-state index in [1.165, 1.54) is 12.1 Å². The molecule has 1 amide bonds. The maximum atomic E-state index is 13.1. The fraction of sp³-hybridized carbons (Fsp3) is 0.240. The predicted molar refractivity (Wildman–Crippen MR) is 127 cm³/mol. The van der Waals surface area contributed by atoms with E-state index in [0.29, 0.717) is 47.5 Å². The van der Waals surface area contributed by atoms with Crippen LogP contribution in [0.25, 0.3) is 22.3 Å². The van der Waals surface area contributed by atoms with Gasteiger partial charge in [0.2, 0.25) is 17.7 Å². The van der Waals surface area contributed by atoms with Crippen LogP contribution in [-0.4, -0.2) is 32.4 Å². The molecule has 34 heavy (non-hydrogen) atoms. The molecule has 1 aromatic carbocycles. The quantitative estimate of drug-likeness (QED) is 0.398. The highest BCUT2D eigenvalue weighted by molar-refractivity contribution is 5.93. The summed E-state index contributed by atoms with van der Waals surface area (Å²) >= 11 is 0. The molecule has 3 heterocycles. The summed E-state index contributed by atoms with van der Waals surface area (Å²) in [6.07, 6.45) is 3.56. The van der Waals surface area contributed by atoms with Gasteiger partial charge in [0.1, 0.15) is 11.6 Å². The fourth-order valence-electron chi connectivity index (χ4n) is 3.44. The Morgan fingerprint density at radius 2 is 1.88 bits per heavy atom. The van der Waals surface area contributed by atoms with Crippen LogP contribution in [0.1, 0.15) is 25.3 Å². The SMILES string of the molecule is CCOc1nc(NCc2ccc(F)cc2)nc2ccc(-c3ccc(NC(=O)C4CC4)nc3)nc12. The summed E-state index contributed by atoms with van der Waals surface area (Å²) in [6.45, 7) is 2.74. The summed E-state index contributed by atoms with van der Waals surface area (Å²) in [5.41, 5.74) is 3.56. The molecular weight excluding hydrogens is 435 g/mol. The lowest BCUT2D eigenvalue weighted by atomic mass is 10.2. The highest BCUT2D eigenvalue weighted by atomic mass is 19.1.